The van der Waals surface area contributed by atoms with Crippen molar-refractivity contribution in [3.05, 3.63) is 66.2 Å². The smallest absolute Gasteiger partial charge is 0.229 e. The molecule has 0 aliphatic carbocycles. The van der Waals surface area contributed by atoms with E-state index in [2.05, 4.69) is 25.5 Å². The van der Waals surface area contributed by atoms with Crippen LogP contribution in [0.1, 0.15) is 12.2 Å². The number of morpholine rings is 1. The van der Waals surface area contributed by atoms with E-state index in [-0.39, 0.29) is 30.6 Å². The van der Waals surface area contributed by atoms with Crippen LogP contribution in [0.15, 0.2) is 54.6 Å². The maximum atomic E-state index is 13.2. The summed E-state index contributed by atoms with van der Waals surface area (Å²) in [5.41, 5.74) is 2.03. The molecule has 0 radical (unpaired) electrons. The number of aromatic nitrogens is 2. The number of nitrogens with zero attached hydrogens (tertiary/aromatic N) is 4. The molecule has 0 saturated carbocycles. The Bertz CT molecular complexity index is 1250. The van der Waals surface area contributed by atoms with Gasteiger partial charge in [0.25, 0.3) is 0 Å². The first-order valence-corrected chi connectivity index (χ1v) is 11.9. The fourth-order valence-corrected chi connectivity index (χ4v) is 4.35. The fourth-order valence-electron chi connectivity index (χ4n) is 4.35. The van der Waals surface area contributed by atoms with E-state index >= 15 is 0 Å². The third kappa shape index (κ3) is 5.44. The van der Waals surface area contributed by atoms with Gasteiger partial charge in [0, 0.05) is 49.2 Å². The first-order chi connectivity index (χ1) is 17.4. The zero-order valence-corrected chi connectivity index (χ0v) is 19.9. The number of aryl methyl sites for hydroxylation is 1. The molecule has 1 atom stereocenters. The van der Waals surface area contributed by atoms with E-state index in [1.807, 2.05) is 25.1 Å². The van der Waals surface area contributed by atoms with Crippen LogP contribution in [-0.2, 0) is 14.3 Å². The summed E-state index contributed by atoms with van der Waals surface area (Å²) in [6, 6.07) is 14.9. The normalized spacial score (nSPS) is 17.8. The van der Waals surface area contributed by atoms with Gasteiger partial charge in [-0.05, 0) is 55.5 Å². The van der Waals surface area contributed by atoms with Crippen molar-refractivity contribution in [1.82, 2.24) is 9.97 Å². The zero-order chi connectivity index (χ0) is 25.1. The average molecular weight is 491 g/mol. The fraction of sp³-hybridized carbons (Fsp3) is 0.308. The molecule has 2 aromatic carbocycles. The van der Waals surface area contributed by atoms with E-state index in [0.29, 0.717) is 36.2 Å². The second-order valence-corrected chi connectivity index (χ2v) is 8.83. The van der Waals surface area contributed by atoms with Crippen molar-refractivity contribution in [3.63, 3.8) is 0 Å². The predicted molar refractivity (Wildman–Crippen MR) is 135 cm³/mol. The number of nitrogens with one attached hydrogen (secondary N) is 2. The standard InChI is InChI=1S/C26H27FN6O3/c1-17-28-23(15-24(29-17)32-10-12-36-13-11-32)30-20-4-6-21(7-5-20)31-26(35)18-14-25(34)33(16-18)22-8-2-19(27)3-9-22/h2-9,15,18H,10-14,16H2,1H3,(H,31,35)(H,28,29,30). The van der Waals surface area contributed by atoms with Crippen molar-refractivity contribution in [3.8, 4) is 0 Å². The highest BCUT2D eigenvalue weighted by molar-refractivity contribution is 6.03. The molecule has 2 amide bonds. The Morgan fingerprint density at radius 2 is 1.72 bits per heavy atom. The summed E-state index contributed by atoms with van der Waals surface area (Å²) in [4.78, 5) is 37.9. The van der Waals surface area contributed by atoms with Crippen molar-refractivity contribution >= 4 is 40.5 Å². The van der Waals surface area contributed by atoms with E-state index in [4.69, 9.17) is 4.74 Å². The molecule has 186 valence electrons. The first-order valence-electron chi connectivity index (χ1n) is 11.9. The number of benzene rings is 2. The van der Waals surface area contributed by atoms with E-state index < -0.39 is 5.92 Å². The lowest BCUT2D eigenvalue weighted by Gasteiger charge is -2.28. The molecule has 2 N–H and O–H groups in total. The van der Waals surface area contributed by atoms with Gasteiger partial charge in [0.1, 0.15) is 23.3 Å². The summed E-state index contributed by atoms with van der Waals surface area (Å²) < 4.78 is 18.6. The molecule has 1 aromatic heterocycles. The van der Waals surface area contributed by atoms with E-state index in [1.165, 1.54) is 17.0 Å². The number of rotatable bonds is 6. The molecular weight excluding hydrogens is 463 g/mol. The number of ether oxygens (including phenoxy) is 1. The largest absolute Gasteiger partial charge is 0.378 e. The van der Waals surface area contributed by atoms with Crippen LogP contribution < -0.4 is 20.4 Å². The highest BCUT2D eigenvalue weighted by Crippen LogP contribution is 2.27. The Kier molecular flexibility index (Phi) is 6.77. The summed E-state index contributed by atoms with van der Waals surface area (Å²) in [7, 11) is 0. The minimum atomic E-state index is -0.483. The summed E-state index contributed by atoms with van der Waals surface area (Å²) in [6.45, 7) is 5.06. The van der Waals surface area contributed by atoms with Gasteiger partial charge < -0.3 is 25.2 Å². The third-order valence-corrected chi connectivity index (χ3v) is 6.22. The molecule has 1 unspecified atom stereocenters. The van der Waals surface area contributed by atoms with Gasteiger partial charge in [-0.25, -0.2) is 14.4 Å². The number of carbonyl (C=O) groups is 2. The Labute approximate surface area is 208 Å². The molecule has 0 bridgehead atoms. The minimum absolute atomic E-state index is 0.112. The lowest BCUT2D eigenvalue weighted by Crippen LogP contribution is -2.36. The van der Waals surface area contributed by atoms with Crippen molar-refractivity contribution < 1.29 is 18.7 Å². The molecule has 2 fully saturated rings. The van der Waals surface area contributed by atoms with Gasteiger partial charge in [0.05, 0.1) is 19.1 Å². The minimum Gasteiger partial charge on any atom is -0.378 e. The predicted octanol–water partition coefficient (Wildman–Crippen LogP) is 3.50. The van der Waals surface area contributed by atoms with Gasteiger partial charge in [-0.2, -0.15) is 0 Å². The van der Waals surface area contributed by atoms with Gasteiger partial charge in [-0.3, -0.25) is 9.59 Å². The van der Waals surface area contributed by atoms with Crippen LogP contribution in [0.3, 0.4) is 0 Å². The topological polar surface area (TPSA) is 99.7 Å². The number of carbonyl (C=O) groups excluding carboxylic acids is 2. The molecule has 2 aliphatic rings. The Morgan fingerprint density at radius 3 is 2.44 bits per heavy atom. The van der Waals surface area contributed by atoms with Crippen molar-refractivity contribution in [1.29, 1.82) is 0 Å². The van der Waals surface area contributed by atoms with Gasteiger partial charge >= 0.3 is 0 Å². The lowest BCUT2D eigenvalue weighted by molar-refractivity contribution is -0.122. The molecule has 3 heterocycles. The van der Waals surface area contributed by atoms with Crippen LogP contribution in [0.2, 0.25) is 0 Å². The van der Waals surface area contributed by atoms with Crippen molar-refractivity contribution in [2.24, 2.45) is 5.92 Å². The van der Waals surface area contributed by atoms with Crippen LogP contribution in [0, 0.1) is 18.7 Å². The van der Waals surface area contributed by atoms with Gasteiger partial charge in [0.15, 0.2) is 0 Å². The third-order valence-electron chi connectivity index (χ3n) is 6.22. The molecule has 5 rings (SSSR count). The van der Waals surface area contributed by atoms with Crippen LogP contribution in [0.4, 0.5) is 33.1 Å². The highest BCUT2D eigenvalue weighted by atomic mass is 19.1. The summed E-state index contributed by atoms with van der Waals surface area (Å²) in [5, 5.41) is 6.18. The second kappa shape index (κ2) is 10.3. The Morgan fingerprint density at radius 1 is 1.03 bits per heavy atom. The molecule has 0 spiro atoms. The van der Waals surface area contributed by atoms with Gasteiger partial charge in [-0.15, -0.1) is 0 Å². The maximum absolute atomic E-state index is 13.2. The van der Waals surface area contributed by atoms with E-state index in [9.17, 15) is 14.0 Å². The average Bonchev–Trinajstić information content (AvgIpc) is 3.27. The number of hydrogen-bond donors (Lipinski definition) is 2. The molecule has 3 aromatic rings. The van der Waals surface area contributed by atoms with Gasteiger partial charge in [0.2, 0.25) is 11.8 Å². The summed E-state index contributed by atoms with van der Waals surface area (Å²) in [6.07, 6.45) is 0.112. The SMILES string of the molecule is Cc1nc(Nc2ccc(NC(=O)C3CC(=O)N(c4ccc(F)cc4)C3)cc2)cc(N2CCOCC2)n1. The molecule has 36 heavy (non-hydrogen) atoms. The van der Waals surface area contributed by atoms with E-state index in [0.717, 1.165) is 24.6 Å². The number of halogens is 1. The molecule has 10 heteroatoms. The molecule has 2 saturated heterocycles. The Hall–Kier alpha value is -4.05. The first kappa shape index (κ1) is 23.7. The summed E-state index contributed by atoms with van der Waals surface area (Å²) >= 11 is 0. The highest BCUT2D eigenvalue weighted by Gasteiger charge is 2.35. The van der Waals surface area contributed by atoms with Gasteiger partial charge in [-0.1, -0.05) is 0 Å². The van der Waals surface area contributed by atoms with Crippen LogP contribution in [0.5, 0.6) is 0 Å². The zero-order valence-electron chi connectivity index (χ0n) is 19.9. The van der Waals surface area contributed by atoms with E-state index in [1.54, 1.807) is 24.3 Å². The van der Waals surface area contributed by atoms with Crippen LogP contribution in [0.25, 0.3) is 0 Å². The molecular formula is C26H27FN6O3. The monoisotopic (exact) mass is 490 g/mol. The number of amides is 2. The van der Waals surface area contributed by atoms with Crippen LogP contribution >= 0.6 is 0 Å². The molecule has 9 nitrogen and oxygen atoms in total. The molecule has 2 aliphatic heterocycles. The quantitative estimate of drug-likeness (QED) is 0.546. The number of anilines is 5. The number of hydrogen-bond acceptors (Lipinski definition) is 7. The van der Waals surface area contributed by atoms with Crippen molar-refractivity contribution in [2.75, 3.05) is 53.3 Å². The Balaban J connectivity index is 1.20. The maximum Gasteiger partial charge on any atom is 0.229 e. The summed E-state index contributed by atoms with van der Waals surface area (Å²) in [5.74, 6) is 0.983. The van der Waals surface area contributed by atoms with Crippen LogP contribution in [-0.4, -0.2) is 54.6 Å². The van der Waals surface area contributed by atoms with Crippen molar-refractivity contribution in [2.45, 2.75) is 13.3 Å². The lowest BCUT2D eigenvalue weighted by atomic mass is 10.1. The second-order valence-electron chi connectivity index (χ2n) is 8.83.